The molecule has 0 bridgehead atoms. The number of anilines is 1. The first kappa shape index (κ1) is 15.3. The maximum atomic E-state index is 6.07. The molecule has 0 aliphatic carbocycles. The van der Waals surface area contributed by atoms with Gasteiger partial charge in [0.2, 0.25) is 0 Å². The second kappa shape index (κ2) is 6.29. The van der Waals surface area contributed by atoms with Gasteiger partial charge in [0.15, 0.2) is 0 Å². The molecule has 2 aromatic carbocycles. The van der Waals surface area contributed by atoms with Crippen molar-refractivity contribution < 1.29 is 0 Å². The smallest absolute Gasteiger partial charge is 0.0481 e. The predicted octanol–water partition coefficient (Wildman–Crippen LogP) is 3.42. The van der Waals surface area contributed by atoms with Crippen molar-refractivity contribution in [3.05, 3.63) is 64.2 Å². The Balaban J connectivity index is 1.84. The zero-order chi connectivity index (χ0) is 15.7. The molecule has 4 heteroatoms. The van der Waals surface area contributed by atoms with Crippen molar-refractivity contribution in [2.45, 2.75) is 19.1 Å². The minimum atomic E-state index is 0.283. The predicted molar refractivity (Wildman–Crippen MR) is 93.3 cm³/mol. The second-order valence-corrected chi connectivity index (χ2v) is 6.50. The molecule has 3 rings (SSSR count). The molecular formula is C18H22ClN3. The van der Waals surface area contributed by atoms with Crippen LogP contribution in [0.25, 0.3) is 0 Å². The fraction of sp³-hybridized carbons (Fsp3) is 0.333. The molecule has 1 atom stereocenters. The quantitative estimate of drug-likeness (QED) is 0.938. The van der Waals surface area contributed by atoms with Gasteiger partial charge in [-0.2, -0.15) is 0 Å². The summed E-state index contributed by atoms with van der Waals surface area (Å²) in [6.45, 7) is 2.48. The third-order valence-electron chi connectivity index (χ3n) is 4.34. The normalized spacial score (nSPS) is 17.5. The van der Waals surface area contributed by atoms with Crippen LogP contribution < -0.4 is 10.6 Å². The summed E-state index contributed by atoms with van der Waals surface area (Å²) >= 11 is 5.97. The number of nitrogens with zero attached hydrogens (tertiary/aromatic N) is 2. The van der Waals surface area contributed by atoms with Crippen molar-refractivity contribution in [1.82, 2.24) is 4.90 Å². The largest absolute Gasteiger partial charge is 0.378 e. The van der Waals surface area contributed by atoms with Crippen LogP contribution in [0, 0.1) is 0 Å². The Bertz CT molecular complexity index is 652. The molecule has 3 nitrogen and oxygen atoms in total. The lowest BCUT2D eigenvalue weighted by molar-refractivity contribution is 0.211. The summed E-state index contributed by atoms with van der Waals surface area (Å²) in [5, 5.41) is 0.777. The third kappa shape index (κ3) is 2.98. The molecule has 1 aliphatic rings. The Kier molecular flexibility index (Phi) is 4.39. The lowest BCUT2D eigenvalue weighted by atomic mass is 10.0. The van der Waals surface area contributed by atoms with Gasteiger partial charge in [-0.1, -0.05) is 29.8 Å². The van der Waals surface area contributed by atoms with Gasteiger partial charge in [-0.15, -0.1) is 0 Å². The van der Waals surface area contributed by atoms with E-state index in [1.807, 2.05) is 12.1 Å². The minimum absolute atomic E-state index is 0.283. The Labute approximate surface area is 137 Å². The summed E-state index contributed by atoms with van der Waals surface area (Å²) in [4.78, 5) is 4.57. The number of halogens is 1. The summed E-state index contributed by atoms with van der Waals surface area (Å²) in [7, 11) is 4.14. The number of fused-ring (bicyclic) bond motifs is 1. The first-order valence-corrected chi connectivity index (χ1v) is 7.95. The Morgan fingerprint density at radius 3 is 2.55 bits per heavy atom. The van der Waals surface area contributed by atoms with E-state index in [1.165, 1.54) is 22.4 Å². The third-order valence-corrected chi connectivity index (χ3v) is 4.59. The summed E-state index contributed by atoms with van der Waals surface area (Å²) in [5.41, 5.74) is 11.3. The van der Waals surface area contributed by atoms with Crippen molar-refractivity contribution in [1.29, 1.82) is 0 Å². The molecule has 116 valence electrons. The van der Waals surface area contributed by atoms with Crippen LogP contribution in [0.15, 0.2) is 42.5 Å². The molecule has 0 fully saturated rings. The number of rotatable bonds is 4. The van der Waals surface area contributed by atoms with Crippen LogP contribution in [-0.2, 0) is 13.1 Å². The zero-order valence-electron chi connectivity index (χ0n) is 13.1. The molecule has 0 aromatic heterocycles. The molecule has 0 spiro atoms. The zero-order valence-corrected chi connectivity index (χ0v) is 13.8. The summed E-state index contributed by atoms with van der Waals surface area (Å²) in [6.07, 6.45) is 0. The van der Waals surface area contributed by atoms with Gasteiger partial charge in [0.1, 0.15) is 0 Å². The topological polar surface area (TPSA) is 32.5 Å². The first-order chi connectivity index (χ1) is 10.6. The van der Waals surface area contributed by atoms with Crippen LogP contribution in [0.1, 0.15) is 22.7 Å². The Morgan fingerprint density at radius 1 is 1.18 bits per heavy atom. The lowest BCUT2D eigenvalue weighted by Gasteiger charge is -2.24. The lowest BCUT2D eigenvalue weighted by Crippen LogP contribution is -2.27. The Morgan fingerprint density at radius 2 is 1.91 bits per heavy atom. The average molecular weight is 316 g/mol. The van der Waals surface area contributed by atoms with Gasteiger partial charge in [-0.25, -0.2) is 0 Å². The highest BCUT2D eigenvalue weighted by Gasteiger charge is 2.29. The van der Waals surface area contributed by atoms with Crippen LogP contribution in [0.3, 0.4) is 0 Å². The molecule has 2 N–H and O–H groups in total. The van der Waals surface area contributed by atoms with Crippen LogP contribution in [0.4, 0.5) is 5.69 Å². The van der Waals surface area contributed by atoms with E-state index in [2.05, 4.69) is 54.2 Å². The average Bonchev–Trinajstić information content (AvgIpc) is 2.85. The van der Waals surface area contributed by atoms with E-state index in [0.29, 0.717) is 6.54 Å². The number of nitrogens with two attached hydrogens (primary N) is 1. The highest BCUT2D eigenvalue weighted by atomic mass is 35.5. The maximum absolute atomic E-state index is 6.07. The molecule has 1 heterocycles. The van der Waals surface area contributed by atoms with Crippen molar-refractivity contribution in [3.63, 3.8) is 0 Å². The van der Waals surface area contributed by atoms with Crippen LogP contribution in [0.5, 0.6) is 0 Å². The van der Waals surface area contributed by atoms with Gasteiger partial charge in [-0.05, 0) is 41.0 Å². The summed E-state index contributed by atoms with van der Waals surface area (Å²) in [5.74, 6) is 0. The molecule has 0 amide bonds. The van der Waals surface area contributed by atoms with Crippen molar-refractivity contribution >= 4 is 17.3 Å². The van der Waals surface area contributed by atoms with E-state index in [4.69, 9.17) is 17.3 Å². The van der Waals surface area contributed by atoms with E-state index in [-0.39, 0.29) is 6.04 Å². The summed E-state index contributed by atoms with van der Waals surface area (Å²) < 4.78 is 0. The van der Waals surface area contributed by atoms with Gasteiger partial charge in [0.25, 0.3) is 0 Å². The highest BCUT2D eigenvalue weighted by molar-refractivity contribution is 6.30. The maximum Gasteiger partial charge on any atom is 0.0481 e. The van der Waals surface area contributed by atoms with E-state index < -0.39 is 0 Å². The number of hydrogen-bond acceptors (Lipinski definition) is 3. The number of hydrogen-bond donors (Lipinski definition) is 1. The van der Waals surface area contributed by atoms with E-state index in [1.54, 1.807) is 0 Å². The van der Waals surface area contributed by atoms with Gasteiger partial charge in [0.05, 0.1) is 0 Å². The molecular weight excluding hydrogens is 294 g/mol. The first-order valence-electron chi connectivity index (χ1n) is 7.57. The van der Waals surface area contributed by atoms with E-state index >= 15 is 0 Å². The number of benzene rings is 2. The monoisotopic (exact) mass is 315 g/mol. The van der Waals surface area contributed by atoms with Gasteiger partial charge >= 0.3 is 0 Å². The molecule has 0 saturated carbocycles. The standard InChI is InChI=1S/C18H22ClN3/c1-21(2)16-8-5-14-12-22(18(10-20)17(14)9-16)11-13-3-6-15(19)7-4-13/h3-9,18H,10-12,20H2,1-2H3. The van der Waals surface area contributed by atoms with Crippen LogP contribution >= 0.6 is 11.6 Å². The SMILES string of the molecule is CN(C)c1ccc2c(c1)C(CN)N(Cc1ccc(Cl)cc1)C2. The fourth-order valence-corrected chi connectivity index (χ4v) is 3.23. The molecule has 0 saturated heterocycles. The fourth-order valence-electron chi connectivity index (χ4n) is 3.11. The van der Waals surface area contributed by atoms with Crippen molar-refractivity contribution in [2.24, 2.45) is 5.73 Å². The highest BCUT2D eigenvalue weighted by Crippen LogP contribution is 2.36. The molecule has 0 radical (unpaired) electrons. The molecule has 1 unspecified atom stereocenters. The van der Waals surface area contributed by atoms with E-state index in [9.17, 15) is 0 Å². The Hall–Kier alpha value is -1.55. The van der Waals surface area contributed by atoms with Crippen LogP contribution in [0.2, 0.25) is 5.02 Å². The van der Waals surface area contributed by atoms with Crippen molar-refractivity contribution in [2.75, 3.05) is 25.5 Å². The van der Waals surface area contributed by atoms with Gasteiger partial charge in [-0.3, -0.25) is 4.90 Å². The van der Waals surface area contributed by atoms with Gasteiger partial charge < -0.3 is 10.6 Å². The minimum Gasteiger partial charge on any atom is -0.378 e. The van der Waals surface area contributed by atoms with Crippen molar-refractivity contribution in [3.8, 4) is 0 Å². The van der Waals surface area contributed by atoms with Gasteiger partial charge in [0, 0.05) is 50.5 Å². The summed E-state index contributed by atoms with van der Waals surface area (Å²) in [6, 6.07) is 15.0. The second-order valence-electron chi connectivity index (χ2n) is 6.06. The van der Waals surface area contributed by atoms with E-state index in [0.717, 1.165) is 18.1 Å². The molecule has 1 aliphatic heterocycles. The van der Waals surface area contributed by atoms with Crippen LogP contribution in [-0.4, -0.2) is 25.5 Å². The molecule has 2 aromatic rings. The molecule has 22 heavy (non-hydrogen) atoms.